The molecule has 0 saturated carbocycles. The van der Waals surface area contributed by atoms with Crippen molar-refractivity contribution < 1.29 is 14.3 Å². The van der Waals surface area contributed by atoms with E-state index in [0.717, 1.165) is 22.9 Å². The first-order valence-corrected chi connectivity index (χ1v) is 9.12. The molecule has 142 valence electrons. The Labute approximate surface area is 163 Å². The van der Waals surface area contributed by atoms with Crippen LogP contribution < -0.4 is 5.32 Å². The van der Waals surface area contributed by atoms with Gasteiger partial charge in [0.25, 0.3) is 5.91 Å². The Morgan fingerprint density at radius 3 is 2.68 bits per heavy atom. The van der Waals surface area contributed by atoms with Crippen molar-refractivity contribution in [2.45, 2.75) is 32.3 Å². The Balaban J connectivity index is 1.44. The zero-order chi connectivity index (χ0) is 19.9. The van der Waals surface area contributed by atoms with Gasteiger partial charge in [0.05, 0.1) is 11.6 Å². The van der Waals surface area contributed by atoms with Crippen molar-refractivity contribution in [3.8, 4) is 6.07 Å². The van der Waals surface area contributed by atoms with Gasteiger partial charge in [0.2, 0.25) is 0 Å². The van der Waals surface area contributed by atoms with Crippen LogP contribution in [0.25, 0.3) is 10.9 Å². The smallest absolute Gasteiger partial charge is 0.306 e. The summed E-state index contributed by atoms with van der Waals surface area (Å²) < 4.78 is 5.23. The second-order valence-corrected chi connectivity index (χ2v) is 6.52. The normalized spacial score (nSPS) is 11.6. The number of carbonyl (C=O) groups excluding carboxylic acids is 2. The van der Waals surface area contributed by atoms with E-state index >= 15 is 0 Å². The van der Waals surface area contributed by atoms with E-state index < -0.39 is 18.0 Å². The van der Waals surface area contributed by atoms with Crippen LogP contribution in [0.15, 0.2) is 54.7 Å². The van der Waals surface area contributed by atoms with E-state index in [2.05, 4.69) is 16.4 Å². The lowest BCUT2D eigenvalue weighted by atomic mass is 10.1. The first-order chi connectivity index (χ1) is 13.6. The third-order valence-corrected chi connectivity index (χ3v) is 4.46. The lowest BCUT2D eigenvalue weighted by Gasteiger charge is -2.13. The summed E-state index contributed by atoms with van der Waals surface area (Å²) >= 11 is 0. The highest BCUT2D eigenvalue weighted by Crippen LogP contribution is 2.19. The largest absolute Gasteiger partial charge is 0.453 e. The van der Waals surface area contributed by atoms with Crippen molar-refractivity contribution in [1.82, 2.24) is 4.98 Å². The van der Waals surface area contributed by atoms with E-state index in [1.165, 1.54) is 6.92 Å². The molecule has 0 fully saturated rings. The van der Waals surface area contributed by atoms with Gasteiger partial charge in [-0.25, -0.2) is 0 Å². The molecule has 0 saturated heterocycles. The summed E-state index contributed by atoms with van der Waals surface area (Å²) in [5.41, 5.74) is 3.29. The van der Waals surface area contributed by atoms with Crippen LogP contribution in [0.4, 0.5) is 5.69 Å². The highest BCUT2D eigenvalue weighted by atomic mass is 16.5. The predicted octanol–water partition coefficient (Wildman–Crippen LogP) is 3.93. The SMILES string of the molecule is C[C@H](OC(=O)CCCc1c[nH]c2ccccc12)C(=O)Nc1ccc(C#N)cc1. The molecular formula is C22H21N3O3. The third-order valence-electron chi connectivity index (χ3n) is 4.46. The molecule has 0 unspecified atom stereocenters. The van der Waals surface area contributed by atoms with Gasteiger partial charge in [-0.1, -0.05) is 18.2 Å². The molecule has 0 radical (unpaired) electrons. The van der Waals surface area contributed by atoms with Crippen LogP contribution in [0, 0.1) is 11.3 Å². The molecule has 6 nitrogen and oxygen atoms in total. The topological polar surface area (TPSA) is 95.0 Å². The third kappa shape index (κ3) is 4.77. The maximum atomic E-state index is 12.2. The molecule has 0 spiro atoms. The maximum absolute atomic E-state index is 12.2. The monoisotopic (exact) mass is 375 g/mol. The quantitative estimate of drug-likeness (QED) is 0.612. The Hall–Kier alpha value is -3.59. The second kappa shape index (κ2) is 8.87. The number of esters is 1. The molecule has 1 amide bonds. The molecule has 0 aliphatic carbocycles. The number of nitriles is 1. The number of aryl methyl sites for hydroxylation is 1. The fourth-order valence-corrected chi connectivity index (χ4v) is 2.94. The molecule has 1 heterocycles. The minimum absolute atomic E-state index is 0.244. The lowest BCUT2D eigenvalue weighted by molar-refractivity contribution is -0.153. The highest BCUT2D eigenvalue weighted by molar-refractivity contribution is 5.95. The number of fused-ring (bicyclic) bond motifs is 1. The fraction of sp³-hybridized carbons (Fsp3) is 0.227. The van der Waals surface area contributed by atoms with E-state index in [9.17, 15) is 9.59 Å². The Morgan fingerprint density at radius 2 is 1.93 bits per heavy atom. The number of anilines is 1. The van der Waals surface area contributed by atoms with Gasteiger partial charge < -0.3 is 15.0 Å². The van der Waals surface area contributed by atoms with Gasteiger partial charge >= 0.3 is 5.97 Å². The number of ether oxygens (including phenoxy) is 1. The number of amides is 1. The summed E-state index contributed by atoms with van der Waals surface area (Å²) in [6.45, 7) is 1.54. The molecule has 0 aliphatic rings. The van der Waals surface area contributed by atoms with Gasteiger partial charge in [0.15, 0.2) is 6.10 Å². The molecule has 2 N–H and O–H groups in total. The van der Waals surface area contributed by atoms with Crippen molar-refractivity contribution in [2.24, 2.45) is 0 Å². The number of carbonyl (C=O) groups is 2. The number of aromatic amines is 1. The number of hydrogen-bond acceptors (Lipinski definition) is 4. The Morgan fingerprint density at radius 1 is 1.18 bits per heavy atom. The van der Waals surface area contributed by atoms with Gasteiger partial charge in [0, 0.05) is 29.2 Å². The van der Waals surface area contributed by atoms with Crippen molar-refractivity contribution in [3.05, 3.63) is 65.9 Å². The summed E-state index contributed by atoms with van der Waals surface area (Å²) in [5.74, 6) is -0.808. The standard InChI is InChI=1S/C22H21N3O3/c1-15(22(27)25-18-11-9-16(13-23)10-12-18)28-21(26)8-4-5-17-14-24-20-7-3-2-6-19(17)20/h2-3,6-7,9-12,14-15,24H,4-5,8H2,1H3,(H,25,27)/t15-/m0/s1. The van der Waals surface area contributed by atoms with Crippen molar-refractivity contribution >= 4 is 28.5 Å². The van der Waals surface area contributed by atoms with Crippen LogP contribution in [-0.2, 0) is 20.7 Å². The molecule has 3 aromatic rings. The molecule has 2 aromatic carbocycles. The molecule has 0 aliphatic heterocycles. The zero-order valence-electron chi connectivity index (χ0n) is 15.6. The number of para-hydroxylation sites is 1. The fourth-order valence-electron chi connectivity index (χ4n) is 2.94. The summed E-state index contributed by atoms with van der Waals surface area (Å²) in [6.07, 6.45) is 2.71. The Kier molecular flexibility index (Phi) is 6.07. The maximum Gasteiger partial charge on any atom is 0.306 e. The van der Waals surface area contributed by atoms with Crippen molar-refractivity contribution in [2.75, 3.05) is 5.32 Å². The number of rotatable bonds is 7. The average molecular weight is 375 g/mol. The highest BCUT2D eigenvalue weighted by Gasteiger charge is 2.18. The zero-order valence-corrected chi connectivity index (χ0v) is 15.6. The average Bonchev–Trinajstić information content (AvgIpc) is 3.11. The molecule has 28 heavy (non-hydrogen) atoms. The number of nitrogens with one attached hydrogen (secondary N) is 2. The minimum Gasteiger partial charge on any atom is -0.453 e. The first kappa shape index (κ1) is 19.2. The predicted molar refractivity (Wildman–Crippen MR) is 107 cm³/mol. The first-order valence-electron chi connectivity index (χ1n) is 9.12. The number of H-pyrrole nitrogens is 1. The van der Waals surface area contributed by atoms with Gasteiger partial charge in [0.1, 0.15) is 0 Å². The molecule has 3 rings (SSSR count). The summed E-state index contributed by atoms with van der Waals surface area (Å²) in [7, 11) is 0. The number of hydrogen-bond donors (Lipinski definition) is 2. The number of aromatic nitrogens is 1. The second-order valence-electron chi connectivity index (χ2n) is 6.52. The van der Waals surface area contributed by atoms with Gasteiger partial charge in [-0.2, -0.15) is 5.26 Å². The Bertz CT molecular complexity index is 1020. The van der Waals surface area contributed by atoms with Gasteiger partial charge in [-0.05, 0) is 55.7 Å². The van der Waals surface area contributed by atoms with E-state index in [1.54, 1.807) is 24.3 Å². The number of benzene rings is 2. The molecule has 1 atom stereocenters. The van der Waals surface area contributed by atoms with Crippen LogP contribution in [-0.4, -0.2) is 23.0 Å². The minimum atomic E-state index is -0.892. The van der Waals surface area contributed by atoms with Crippen molar-refractivity contribution in [3.63, 3.8) is 0 Å². The van der Waals surface area contributed by atoms with E-state index in [1.807, 2.05) is 30.5 Å². The van der Waals surface area contributed by atoms with E-state index in [-0.39, 0.29) is 6.42 Å². The van der Waals surface area contributed by atoms with Crippen LogP contribution in [0.1, 0.15) is 30.9 Å². The van der Waals surface area contributed by atoms with Crippen LogP contribution in [0.3, 0.4) is 0 Å². The van der Waals surface area contributed by atoms with E-state index in [4.69, 9.17) is 10.00 Å². The van der Waals surface area contributed by atoms with Gasteiger partial charge in [-0.3, -0.25) is 9.59 Å². The lowest BCUT2D eigenvalue weighted by Crippen LogP contribution is -2.29. The number of nitrogens with zero attached hydrogens (tertiary/aromatic N) is 1. The molecule has 0 bridgehead atoms. The molecular weight excluding hydrogens is 354 g/mol. The van der Waals surface area contributed by atoms with Crippen molar-refractivity contribution in [1.29, 1.82) is 5.26 Å². The summed E-state index contributed by atoms with van der Waals surface area (Å²) in [5, 5.41) is 12.6. The van der Waals surface area contributed by atoms with Crippen LogP contribution in [0.5, 0.6) is 0 Å². The van der Waals surface area contributed by atoms with Crippen LogP contribution >= 0.6 is 0 Å². The van der Waals surface area contributed by atoms with E-state index in [0.29, 0.717) is 17.7 Å². The van der Waals surface area contributed by atoms with Gasteiger partial charge in [-0.15, -0.1) is 0 Å². The summed E-state index contributed by atoms with van der Waals surface area (Å²) in [6, 6.07) is 16.5. The molecule has 1 aromatic heterocycles. The molecule has 6 heteroatoms. The summed E-state index contributed by atoms with van der Waals surface area (Å²) in [4.78, 5) is 27.4. The van der Waals surface area contributed by atoms with Crippen LogP contribution in [0.2, 0.25) is 0 Å².